The summed E-state index contributed by atoms with van der Waals surface area (Å²) in [6, 6.07) is 0.973. The van der Waals surface area contributed by atoms with Crippen LogP contribution in [0.5, 0.6) is 0 Å². The molecule has 21 heavy (non-hydrogen) atoms. The molecule has 2 amide bonds. The zero-order valence-electron chi connectivity index (χ0n) is 10.4. The number of halogens is 3. The molecule has 112 valence electrons. The molecule has 2 aromatic heterocycles. The van der Waals surface area contributed by atoms with Gasteiger partial charge in [0.1, 0.15) is 11.5 Å². The van der Waals surface area contributed by atoms with Gasteiger partial charge in [0.25, 0.3) is 11.8 Å². The maximum atomic E-state index is 12.7. The van der Waals surface area contributed by atoms with E-state index in [2.05, 4.69) is 14.7 Å². The first-order valence-corrected chi connectivity index (χ1v) is 6.30. The number of amides is 2. The number of carbonyl (C=O) groups excluding carboxylic acids is 2. The maximum Gasteiger partial charge on any atom is 0.450 e. The van der Waals surface area contributed by atoms with Crippen LogP contribution in [0.3, 0.4) is 0 Å². The third-order valence-electron chi connectivity index (χ3n) is 2.33. The fourth-order valence-corrected chi connectivity index (χ4v) is 2.20. The van der Waals surface area contributed by atoms with Gasteiger partial charge in [-0.1, -0.05) is 0 Å². The second kappa shape index (κ2) is 5.20. The van der Waals surface area contributed by atoms with Gasteiger partial charge in [0, 0.05) is 5.38 Å². The minimum Gasteiger partial charge on any atom is -0.456 e. The third-order valence-corrected chi connectivity index (χ3v) is 3.09. The molecule has 6 nitrogen and oxygen atoms in total. The molecular weight excluding hydrogens is 311 g/mol. The molecule has 0 atom stereocenters. The number of furan rings is 1. The zero-order chi connectivity index (χ0) is 15.8. The minimum atomic E-state index is -4.79. The van der Waals surface area contributed by atoms with Gasteiger partial charge >= 0.3 is 6.18 Å². The van der Waals surface area contributed by atoms with E-state index >= 15 is 0 Å². The van der Waals surface area contributed by atoms with Crippen LogP contribution >= 0.6 is 11.3 Å². The van der Waals surface area contributed by atoms with Gasteiger partial charge in [-0.3, -0.25) is 14.9 Å². The van der Waals surface area contributed by atoms with Crippen molar-refractivity contribution >= 4 is 28.3 Å². The standard InChI is InChI=1S/C11H8F3N3O3S/c1-4-2-5(7(20-4)11(12,13)14)9(19)17-10-16-6(3-21-10)8(15)18/h2-3H,1H3,(H2,15,18)(H,16,17,19). The Bertz CT molecular complexity index is 705. The van der Waals surface area contributed by atoms with Gasteiger partial charge in [-0.25, -0.2) is 4.98 Å². The minimum absolute atomic E-state index is 0.0409. The van der Waals surface area contributed by atoms with E-state index in [0.717, 1.165) is 17.4 Å². The molecule has 0 aliphatic heterocycles. The number of nitrogens with zero attached hydrogens (tertiary/aromatic N) is 1. The topological polar surface area (TPSA) is 98.2 Å². The van der Waals surface area contributed by atoms with Crippen LogP contribution in [-0.2, 0) is 6.18 Å². The van der Waals surface area contributed by atoms with Crippen LogP contribution in [0.2, 0.25) is 0 Å². The molecule has 0 unspecified atom stereocenters. The first-order chi connectivity index (χ1) is 9.68. The van der Waals surface area contributed by atoms with E-state index in [0.29, 0.717) is 0 Å². The quantitative estimate of drug-likeness (QED) is 0.907. The van der Waals surface area contributed by atoms with Crippen molar-refractivity contribution in [2.24, 2.45) is 5.73 Å². The summed E-state index contributed by atoms with van der Waals surface area (Å²) >= 11 is 0.865. The Labute approximate surface area is 119 Å². The normalized spacial score (nSPS) is 11.4. The molecule has 0 aliphatic carbocycles. The highest BCUT2D eigenvalue weighted by Crippen LogP contribution is 2.34. The molecule has 0 fully saturated rings. The van der Waals surface area contributed by atoms with Crippen LogP contribution in [0.15, 0.2) is 15.9 Å². The monoisotopic (exact) mass is 319 g/mol. The van der Waals surface area contributed by atoms with Gasteiger partial charge in [0.05, 0.1) is 5.56 Å². The van der Waals surface area contributed by atoms with E-state index in [1.54, 1.807) is 0 Å². The van der Waals surface area contributed by atoms with Crippen molar-refractivity contribution in [2.75, 3.05) is 5.32 Å². The van der Waals surface area contributed by atoms with Crippen molar-refractivity contribution in [3.05, 3.63) is 34.2 Å². The van der Waals surface area contributed by atoms with Gasteiger partial charge in [0.2, 0.25) is 5.76 Å². The van der Waals surface area contributed by atoms with Crippen molar-refractivity contribution in [1.82, 2.24) is 4.98 Å². The molecule has 0 radical (unpaired) electrons. The fraction of sp³-hybridized carbons (Fsp3) is 0.182. The Morgan fingerprint density at radius 2 is 2.10 bits per heavy atom. The summed E-state index contributed by atoms with van der Waals surface area (Å²) in [5.74, 6) is -3.28. The maximum absolute atomic E-state index is 12.7. The summed E-state index contributed by atoms with van der Waals surface area (Å²) in [6.07, 6.45) is -4.79. The number of hydrogen-bond acceptors (Lipinski definition) is 5. The summed E-state index contributed by atoms with van der Waals surface area (Å²) in [7, 11) is 0. The molecule has 2 rings (SSSR count). The van der Waals surface area contributed by atoms with E-state index in [9.17, 15) is 22.8 Å². The molecule has 10 heteroatoms. The second-order valence-electron chi connectivity index (χ2n) is 3.95. The van der Waals surface area contributed by atoms with Crippen LogP contribution in [0.4, 0.5) is 18.3 Å². The predicted molar refractivity (Wildman–Crippen MR) is 67.0 cm³/mol. The van der Waals surface area contributed by atoms with Crippen molar-refractivity contribution in [2.45, 2.75) is 13.1 Å². The lowest BCUT2D eigenvalue weighted by molar-refractivity contribution is -0.153. The number of rotatable bonds is 3. The molecule has 0 spiro atoms. The average molecular weight is 319 g/mol. The van der Waals surface area contributed by atoms with E-state index in [1.165, 1.54) is 12.3 Å². The molecule has 0 aromatic carbocycles. The van der Waals surface area contributed by atoms with Crippen molar-refractivity contribution < 1.29 is 27.2 Å². The summed E-state index contributed by atoms with van der Waals surface area (Å²) < 4.78 is 42.7. The first-order valence-electron chi connectivity index (χ1n) is 5.43. The number of hydrogen-bond donors (Lipinski definition) is 2. The van der Waals surface area contributed by atoms with Gasteiger partial charge in [-0.05, 0) is 13.0 Å². The highest BCUT2D eigenvalue weighted by molar-refractivity contribution is 7.14. The summed E-state index contributed by atoms with van der Waals surface area (Å²) in [4.78, 5) is 26.4. The molecule has 3 N–H and O–H groups in total. The number of anilines is 1. The van der Waals surface area contributed by atoms with Crippen LogP contribution in [0.1, 0.15) is 32.4 Å². The molecule has 0 saturated carbocycles. The molecular formula is C11H8F3N3O3S. The third kappa shape index (κ3) is 3.21. The number of primary amides is 1. The Morgan fingerprint density at radius 1 is 1.43 bits per heavy atom. The van der Waals surface area contributed by atoms with Crippen molar-refractivity contribution in [3.8, 4) is 0 Å². The largest absolute Gasteiger partial charge is 0.456 e. The van der Waals surface area contributed by atoms with Gasteiger partial charge < -0.3 is 10.2 Å². The summed E-state index contributed by atoms with van der Waals surface area (Å²) in [5, 5.41) is 3.40. The number of aromatic nitrogens is 1. The predicted octanol–water partition coefficient (Wildman–Crippen LogP) is 2.41. The zero-order valence-corrected chi connectivity index (χ0v) is 11.3. The Balaban J connectivity index is 2.26. The average Bonchev–Trinajstić information content (AvgIpc) is 2.94. The Hall–Kier alpha value is -2.36. The van der Waals surface area contributed by atoms with Crippen LogP contribution < -0.4 is 11.1 Å². The van der Waals surface area contributed by atoms with Gasteiger partial charge in [-0.15, -0.1) is 11.3 Å². The molecule has 2 heterocycles. The number of alkyl halides is 3. The molecule has 0 aliphatic rings. The summed E-state index contributed by atoms with van der Waals surface area (Å²) in [5.41, 5.74) is 4.24. The van der Waals surface area contributed by atoms with Crippen LogP contribution in [0, 0.1) is 6.92 Å². The highest BCUT2D eigenvalue weighted by Gasteiger charge is 2.40. The molecule has 2 aromatic rings. The molecule has 0 bridgehead atoms. The van der Waals surface area contributed by atoms with Crippen LogP contribution in [-0.4, -0.2) is 16.8 Å². The first kappa shape index (κ1) is 15.0. The van der Waals surface area contributed by atoms with Crippen molar-refractivity contribution in [1.29, 1.82) is 0 Å². The van der Waals surface area contributed by atoms with Gasteiger partial charge in [-0.2, -0.15) is 13.2 Å². The number of nitrogens with one attached hydrogen (secondary N) is 1. The van der Waals surface area contributed by atoms with E-state index in [4.69, 9.17) is 5.73 Å². The van der Waals surface area contributed by atoms with E-state index in [1.807, 2.05) is 0 Å². The Morgan fingerprint density at radius 3 is 2.62 bits per heavy atom. The van der Waals surface area contributed by atoms with Crippen molar-refractivity contribution in [3.63, 3.8) is 0 Å². The second-order valence-corrected chi connectivity index (χ2v) is 4.81. The smallest absolute Gasteiger partial charge is 0.450 e. The van der Waals surface area contributed by atoms with Gasteiger partial charge in [0.15, 0.2) is 5.13 Å². The summed E-state index contributed by atoms with van der Waals surface area (Å²) in [6.45, 7) is 1.29. The fourth-order valence-electron chi connectivity index (χ4n) is 1.50. The lowest BCUT2D eigenvalue weighted by Crippen LogP contribution is -2.17. The number of nitrogens with two attached hydrogens (primary N) is 1. The number of carbonyl (C=O) groups is 2. The van der Waals surface area contributed by atoms with Crippen LogP contribution in [0.25, 0.3) is 0 Å². The van der Waals surface area contributed by atoms with E-state index < -0.39 is 29.3 Å². The number of aryl methyl sites for hydroxylation is 1. The Kier molecular flexibility index (Phi) is 3.73. The highest BCUT2D eigenvalue weighted by atomic mass is 32.1. The SMILES string of the molecule is Cc1cc(C(=O)Nc2nc(C(N)=O)cs2)c(C(F)(F)F)o1. The molecule has 0 saturated heterocycles. The lowest BCUT2D eigenvalue weighted by Gasteiger charge is -2.05. The lowest BCUT2D eigenvalue weighted by atomic mass is 10.2. The van der Waals surface area contributed by atoms with E-state index in [-0.39, 0.29) is 16.6 Å². The number of thiazole rings is 1.